The highest BCUT2D eigenvalue weighted by Gasteiger charge is 2.20. The van der Waals surface area contributed by atoms with Gasteiger partial charge in [-0.25, -0.2) is 8.42 Å². The van der Waals surface area contributed by atoms with Crippen LogP contribution < -0.4 is 5.32 Å². The minimum Gasteiger partial charge on any atom is -0.382 e. The summed E-state index contributed by atoms with van der Waals surface area (Å²) in [5.41, 5.74) is 0.756. The highest BCUT2D eigenvalue weighted by atomic mass is 32.2. The molecule has 7 nitrogen and oxygen atoms in total. The summed E-state index contributed by atoms with van der Waals surface area (Å²) in [5.74, 6) is -0.202. The molecule has 0 radical (unpaired) electrons. The van der Waals surface area contributed by atoms with Crippen LogP contribution in [0.3, 0.4) is 0 Å². The molecule has 0 aliphatic carbocycles. The molecular weight excluding hydrogens is 368 g/mol. The first kappa shape index (κ1) is 23.3. The van der Waals surface area contributed by atoms with Gasteiger partial charge in [-0.1, -0.05) is 26.0 Å². The third-order valence-electron chi connectivity index (χ3n) is 3.85. The number of ether oxygens (including phenoxy) is 2. The Morgan fingerprint density at radius 2 is 1.78 bits per heavy atom. The highest BCUT2D eigenvalue weighted by molar-refractivity contribution is 7.89. The van der Waals surface area contributed by atoms with Gasteiger partial charge in [0, 0.05) is 39.4 Å². The Labute approximate surface area is 162 Å². The molecule has 8 heteroatoms. The predicted octanol–water partition coefficient (Wildman–Crippen LogP) is 1.90. The summed E-state index contributed by atoms with van der Waals surface area (Å²) in [6.07, 6.45) is 3.80. The number of sulfonamides is 1. The largest absolute Gasteiger partial charge is 0.382 e. The fraction of sp³-hybridized carbons (Fsp3) is 0.526. The molecule has 0 spiro atoms. The fourth-order valence-electron chi connectivity index (χ4n) is 2.32. The van der Waals surface area contributed by atoms with Gasteiger partial charge in [0.2, 0.25) is 15.9 Å². The molecule has 0 unspecified atom stereocenters. The molecule has 0 aromatic heterocycles. The van der Waals surface area contributed by atoms with Crippen molar-refractivity contribution in [2.24, 2.45) is 0 Å². The first-order chi connectivity index (χ1) is 13.0. The van der Waals surface area contributed by atoms with Gasteiger partial charge in [-0.2, -0.15) is 4.31 Å². The highest BCUT2D eigenvalue weighted by Crippen LogP contribution is 2.16. The van der Waals surface area contributed by atoms with Crippen molar-refractivity contribution in [3.63, 3.8) is 0 Å². The molecule has 0 bridgehead atoms. The zero-order valence-corrected chi connectivity index (χ0v) is 17.1. The van der Waals surface area contributed by atoms with Gasteiger partial charge in [0.25, 0.3) is 0 Å². The summed E-state index contributed by atoms with van der Waals surface area (Å²) in [6, 6.07) is 6.48. The summed E-state index contributed by atoms with van der Waals surface area (Å²) in [6.45, 7) is 6.67. The molecule has 0 aliphatic heterocycles. The maximum atomic E-state index is 12.4. The molecule has 152 valence electrons. The van der Waals surface area contributed by atoms with Gasteiger partial charge < -0.3 is 14.8 Å². The number of carbonyl (C=O) groups excluding carboxylic acids is 1. The van der Waals surface area contributed by atoms with Crippen molar-refractivity contribution < 1.29 is 22.7 Å². The minimum atomic E-state index is -3.46. The smallest absolute Gasteiger partial charge is 0.244 e. The monoisotopic (exact) mass is 398 g/mol. The van der Waals surface area contributed by atoms with Crippen molar-refractivity contribution in [3.05, 3.63) is 35.9 Å². The van der Waals surface area contributed by atoms with Crippen molar-refractivity contribution in [2.45, 2.75) is 25.2 Å². The average molecular weight is 399 g/mol. The van der Waals surface area contributed by atoms with Gasteiger partial charge in [0.05, 0.1) is 18.1 Å². The molecule has 1 aromatic rings. The van der Waals surface area contributed by atoms with Gasteiger partial charge in [-0.3, -0.25) is 4.79 Å². The van der Waals surface area contributed by atoms with E-state index in [1.807, 2.05) is 13.8 Å². The van der Waals surface area contributed by atoms with Crippen LogP contribution in [0.1, 0.15) is 25.8 Å². The molecule has 0 saturated heterocycles. The van der Waals surface area contributed by atoms with Gasteiger partial charge in [0.15, 0.2) is 0 Å². The first-order valence-corrected chi connectivity index (χ1v) is 10.5. The van der Waals surface area contributed by atoms with Crippen LogP contribution in [-0.4, -0.2) is 65.2 Å². The Hall–Kier alpha value is -1.74. The van der Waals surface area contributed by atoms with Gasteiger partial charge >= 0.3 is 0 Å². The molecule has 1 rings (SSSR count). The quantitative estimate of drug-likeness (QED) is 0.405. The van der Waals surface area contributed by atoms with Gasteiger partial charge in [-0.05, 0) is 30.2 Å². The van der Waals surface area contributed by atoms with Crippen molar-refractivity contribution in [2.75, 3.05) is 46.6 Å². The number of benzene rings is 1. The van der Waals surface area contributed by atoms with Crippen LogP contribution in [-0.2, 0) is 24.3 Å². The molecular formula is C19H30N2O5S. The maximum absolute atomic E-state index is 12.4. The molecule has 0 aliphatic rings. The first-order valence-electron chi connectivity index (χ1n) is 9.08. The normalized spacial score (nSPS) is 12.0. The maximum Gasteiger partial charge on any atom is 0.244 e. The zero-order chi connectivity index (χ0) is 20.1. The summed E-state index contributed by atoms with van der Waals surface area (Å²) >= 11 is 0. The molecule has 1 amide bonds. The summed E-state index contributed by atoms with van der Waals surface area (Å²) < 4.78 is 36.4. The number of hydrogen-bond donors (Lipinski definition) is 1. The lowest BCUT2D eigenvalue weighted by Crippen LogP contribution is -2.30. The number of nitrogens with zero attached hydrogens (tertiary/aromatic N) is 1. The summed E-state index contributed by atoms with van der Waals surface area (Å²) in [5, 5.41) is 2.77. The van der Waals surface area contributed by atoms with E-state index < -0.39 is 10.0 Å². The summed E-state index contributed by atoms with van der Waals surface area (Å²) in [4.78, 5) is 12.0. The molecule has 0 atom stereocenters. The minimum absolute atomic E-state index is 0.202. The molecule has 1 N–H and O–H groups in total. The van der Waals surface area contributed by atoms with Crippen molar-refractivity contribution in [1.82, 2.24) is 9.62 Å². The van der Waals surface area contributed by atoms with Crippen LogP contribution in [0.2, 0.25) is 0 Å². The zero-order valence-electron chi connectivity index (χ0n) is 16.3. The number of nitrogens with one attached hydrogen (secondary N) is 1. The predicted molar refractivity (Wildman–Crippen MR) is 106 cm³/mol. The van der Waals surface area contributed by atoms with Crippen LogP contribution in [0.5, 0.6) is 0 Å². The lowest BCUT2D eigenvalue weighted by Gasteiger charge is -2.18. The van der Waals surface area contributed by atoms with Crippen LogP contribution in [0.15, 0.2) is 35.2 Å². The van der Waals surface area contributed by atoms with Crippen LogP contribution in [0.25, 0.3) is 6.08 Å². The van der Waals surface area contributed by atoms with Crippen LogP contribution in [0, 0.1) is 0 Å². The van der Waals surface area contributed by atoms with E-state index in [9.17, 15) is 13.2 Å². The molecule has 1 aromatic carbocycles. The summed E-state index contributed by atoms with van der Waals surface area (Å²) in [7, 11) is -1.84. The Morgan fingerprint density at radius 1 is 1.11 bits per heavy atom. The SMILES string of the molecule is CCN(CC)S(=O)(=O)c1ccc(/C=C/C(=O)NCCCOCCOC)cc1. The standard InChI is InChI=1S/C19H30N2O5S/c1-4-21(5-2)27(23,24)18-10-7-17(8-11-18)9-12-19(22)20-13-6-14-26-16-15-25-3/h7-12H,4-6,13-16H2,1-3H3,(H,20,22)/b12-9+. The van der Waals surface area contributed by atoms with Crippen LogP contribution in [0.4, 0.5) is 0 Å². The van der Waals surface area contributed by atoms with Crippen molar-refractivity contribution in [1.29, 1.82) is 0 Å². The fourth-order valence-corrected chi connectivity index (χ4v) is 3.78. The molecule has 0 fully saturated rings. The van der Waals surface area contributed by atoms with E-state index in [0.29, 0.717) is 39.5 Å². The second-order valence-electron chi connectivity index (χ2n) is 5.74. The Kier molecular flexibility index (Phi) is 10.9. The topological polar surface area (TPSA) is 84.9 Å². The van der Waals surface area contributed by atoms with E-state index >= 15 is 0 Å². The Morgan fingerprint density at radius 3 is 2.37 bits per heavy atom. The Bertz CT molecular complexity index is 683. The van der Waals surface area contributed by atoms with E-state index in [-0.39, 0.29) is 10.8 Å². The number of methoxy groups -OCH3 is 1. The molecule has 0 heterocycles. The van der Waals surface area contributed by atoms with Crippen LogP contribution >= 0.6 is 0 Å². The van der Waals surface area contributed by atoms with E-state index in [0.717, 1.165) is 12.0 Å². The van der Waals surface area contributed by atoms with E-state index in [1.165, 1.54) is 10.4 Å². The van der Waals surface area contributed by atoms with Crippen molar-refractivity contribution >= 4 is 22.0 Å². The number of amides is 1. The van der Waals surface area contributed by atoms with Gasteiger partial charge in [-0.15, -0.1) is 0 Å². The lowest BCUT2D eigenvalue weighted by molar-refractivity contribution is -0.116. The Balaban J connectivity index is 2.47. The van der Waals surface area contributed by atoms with Crippen molar-refractivity contribution in [3.8, 4) is 0 Å². The second kappa shape index (κ2) is 12.6. The number of carbonyl (C=O) groups is 1. The molecule has 27 heavy (non-hydrogen) atoms. The number of hydrogen-bond acceptors (Lipinski definition) is 5. The third-order valence-corrected chi connectivity index (χ3v) is 5.91. The average Bonchev–Trinajstić information content (AvgIpc) is 2.66. The second-order valence-corrected chi connectivity index (χ2v) is 7.68. The van der Waals surface area contributed by atoms with Gasteiger partial charge in [0.1, 0.15) is 0 Å². The number of rotatable bonds is 13. The van der Waals surface area contributed by atoms with E-state index in [1.54, 1.807) is 37.5 Å². The van der Waals surface area contributed by atoms with E-state index in [2.05, 4.69) is 5.32 Å². The lowest BCUT2D eigenvalue weighted by atomic mass is 10.2. The third kappa shape index (κ3) is 8.21. The molecule has 0 saturated carbocycles. The van der Waals surface area contributed by atoms with E-state index in [4.69, 9.17) is 9.47 Å².